The van der Waals surface area contributed by atoms with E-state index in [1.807, 2.05) is 37.1 Å². The lowest BCUT2D eigenvalue weighted by molar-refractivity contribution is 0.571. The van der Waals surface area contributed by atoms with E-state index in [-0.39, 0.29) is 0 Å². The van der Waals surface area contributed by atoms with Crippen LogP contribution in [0.3, 0.4) is 0 Å². The van der Waals surface area contributed by atoms with Gasteiger partial charge in [-0.1, -0.05) is 32.9 Å². The molecule has 27 heavy (non-hydrogen) atoms. The Morgan fingerprint density at radius 2 is 1.48 bits per heavy atom. The number of aromatic nitrogens is 3. The molecule has 0 radical (unpaired) electrons. The van der Waals surface area contributed by atoms with Crippen LogP contribution >= 0.6 is 0 Å². The summed E-state index contributed by atoms with van der Waals surface area (Å²) in [7, 11) is 0. The van der Waals surface area contributed by atoms with E-state index >= 15 is 0 Å². The molecular formula is C24H29N3. The van der Waals surface area contributed by atoms with Crippen LogP contribution in [0.25, 0.3) is 0 Å². The highest BCUT2D eigenvalue weighted by atomic mass is 14.7. The number of hydrogen-bond acceptors (Lipinski definition) is 3. The van der Waals surface area contributed by atoms with Crippen LogP contribution in [0, 0.1) is 0 Å². The lowest BCUT2D eigenvalue weighted by Gasteiger charge is -2.17. The van der Waals surface area contributed by atoms with Gasteiger partial charge in [0.1, 0.15) is 0 Å². The average Bonchev–Trinajstić information content (AvgIpc) is 2.73. The zero-order valence-electron chi connectivity index (χ0n) is 16.5. The van der Waals surface area contributed by atoms with E-state index in [1.165, 1.54) is 23.1 Å². The van der Waals surface area contributed by atoms with Crippen molar-refractivity contribution in [3.63, 3.8) is 0 Å². The first-order chi connectivity index (χ1) is 13.1. The van der Waals surface area contributed by atoms with Crippen molar-refractivity contribution in [1.82, 2.24) is 15.0 Å². The minimum atomic E-state index is 0.394. The molecule has 3 heteroatoms. The van der Waals surface area contributed by atoms with E-state index in [1.54, 1.807) is 0 Å². The van der Waals surface area contributed by atoms with Crippen LogP contribution in [0.1, 0.15) is 73.8 Å². The lowest BCUT2D eigenvalue weighted by Crippen LogP contribution is -2.03. The van der Waals surface area contributed by atoms with Gasteiger partial charge in [0.2, 0.25) is 0 Å². The maximum Gasteiger partial charge on any atom is 0.0435 e. The van der Waals surface area contributed by atoms with Gasteiger partial charge < -0.3 is 0 Å². The Kier molecular flexibility index (Phi) is 6.69. The molecule has 3 unspecified atom stereocenters. The molecule has 0 aliphatic carbocycles. The smallest absolute Gasteiger partial charge is 0.0435 e. The lowest BCUT2D eigenvalue weighted by atomic mass is 9.89. The fourth-order valence-corrected chi connectivity index (χ4v) is 3.54. The zero-order valence-corrected chi connectivity index (χ0v) is 16.5. The van der Waals surface area contributed by atoms with E-state index in [4.69, 9.17) is 0 Å². The SMILES string of the molecule is CC(CCC(C)c1cncc(CC(C)c2ccccn2)c1)c1ccncc1. The molecule has 0 saturated carbocycles. The number of hydrogen-bond donors (Lipinski definition) is 0. The highest BCUT2D eigenvalue weighted by molar-refractivity contribution is 5.24. The van der Waals surface area contributed by atoms with E-state index in [2.05, 4.69) is 66.1 Å². The number of nitrogens with zero attached hydrogens (tertiary/aromatic N) is 3. The summed E-state index contributed by atoms with van der Waals surface area (Å²) in [6.07, 6.45) is 12.9. The van der Waals surface area contributed by atoms with E-state index < -0.39 is 0 Å². The Morgan fingerprint density at radius 1 is 0.741 bits per heavy atom. The van der Waals surface area contributed by atoms with Crippen LogP contribution in [-0.2, 0) is 6.42 Å². The molecule has 3 aromatic heterocycles. The summed E-state index contributed by atoms with van der Waals surface area (Å²) in [4.78, 5) is 13.1. The summed E-state index contributed by atoms with van der Waals surface area (Å²) in [5, 5.41) is 0. The second-order valence-electron chi connectivity index (χ2n) is 7.65. The van der Waals surface area contributed by atoms with Crippen molar-refractivity contribution in [2.75, 3.05) is 0 Å². The molecule has 140 valence electrons. The first-order valence-electron chi connectivity index (χ1n) is 9.88. The fraction of sp³-hybridized carbons (Fsp3) is 0.375. The predicted octanol–water partition coefficient (Wildman–Crippen LogP) is 5.91. The summed E-state index contributed by atoms with van der Waals surface area (Å²) < 4.78 is 0. The van der Waals surface area contributed by atoms with Gasteiger partial charge in [0.15, 0.2) is 0 Å². The Bertz CT molecular complexity index is 817. The molecule has 3 atom stereocenters. The van der Waals surface area contributed by atoms with Crippen molar-refractivity contribution in [2.24, 2.45) is 0 Å². The van der Waals surface area contributed by atoms with Crippen LogP contribution in [0.5, 0.6) is 0 Å². The second kappa shape index (κ2) is 9.40. The van der Waals surface area contributed by atoms with Gasteiger partial charge in [-0.05, 0) is 72.1 Å². The molecule has 0 N–H and O–H groups in total. The number of rotatable bonds is 8. The zero-order chi connectivity index (χ0) is 19.1. The maximum absolute atomic E-state index is 4.51. The first-order valence-corrected chi connectivity index (χ1v) is 9.88. The third-order valence-corrected chi connectivity index (χ3v) is 5.43. The van der Waals surface area contributed by atoms with Gasteiger partial charge in [0.05, 0.1) is 0 Å². The molecule has 3 heterocycles. The van der Waals surface area contributed by atoms with Gasteiger partial charge in [-0.15, -0.1) is 0 Å². The quantitative estimate of drug-likeness (QED) is 0.502. The monoisotopic (exact) mass is 359 g/mol. The molecule has 0 spiro atoms. The summed E-state index contributed by atoms with van der Waals surface area (Å²) in [6, 6.07) is 12.7. The van der Waals surface area contributed by atoms with Crippen molar-refractivity contribution < 1.29 is 0 Å². The molecule has 3 nitrogen and oxygen atoms in total. The van der Waals surface area contributed by atoms with Crippen LogP contribution in [0.15, 0.2) is 67.4 Å². The van der Waals surface area contributed by atoms with Crippen molar-refractivity contribution >= 4 is 0 Å². The Hall–Kier alpha value is -2.55. The van der Waals surface area contributed by atoms with Crippen molar-refractivity contribution in [2.45, 2.75) is 57.8 Å². The largest absolute Gasteiger partial charge is 0.265 e. The van der Waals surface area contributed by atoms with Crippen LogP contribution in [-0.4, -0.2) is 15.0 Å². The highest BCUT2D eigenvalue weighted by Crippen LogP contribution is 2.28. The van der Waals surface area contributed by atoms with Gasteiger partial charge in [0, 0.05) is 42.6 Å². The standard InChI is InChI=1S/C24H29N3/c1-18(22-9-12-25-13-10-22)7-8-19(2)23-15-21(16-26-17-23)14-20(3)24-6-4-5-11-27-24/h4-6,9-13,15-20H,7-8,14H2,1-3H3. The minimum absolute atomic E-state index is 0.394. The topological polar surface area (TPSA) is 38.7 Å². The maximum atomic E-state index is 4.51. The molecule has 0 fully saturated rings. The van der Waals surface area contributed by atoms with Gasteiger partial charge in [0.25, 0.3) is 0 Å². The molecule has 0 bridgehead atoms. The summed E-state index contributed by atoms with van der Waals surface area (Å²) in [6.45, 7) is 6.84. The molecule has 0 saturated heterocycles. The normalized spacial score (nSPS) is 14.5. The first kappa shape index (κ1) is 19.2. The molecule has 0 aliphatic rings. The summed E-state index contributed by atoms with van der Waals surface area (Å²) in [5.74, 6) is 1.45. The third kappa shape index (κ3) is 5.46. The Balaban J connectivity index is 1.59. The Labute approximate surface area is 162 Å². The van der Waals surface area contributed by atoms with Crippen LogP contribution in [0.2, 0.25) is 0 Å². The van der Waals surface area contributed by atoms with Crippen molar-refractivity contribution in [1.29, 1.82) is 0 Å². The van der Waals surface area contributed by atoms with Crippen molar-refractivity contribution in [3.05, 3.63) is 89.8 Å². The van der Waals surface area contributed by atoms with E-state index in [0.717, 1.165) is 18.5 Å². The molecular weight excluding hydrogens is 330 g/mol. The molecule has 3 rings (SSSR count). The van der Waals surface area contributed by atoms with Crippen molar-refractivity contribution in [3.8, 4) is 0 Å². The average molecular weight is 360 g/mol. The Morgan fingerprint density at radius 3 is 2.19 bits per heavy atom. The fourth-order valence-electron chi connectivity index (χ4n) is 3.54. The van der Waals surface area contributed by atoms with Crippen LogP contribution in [0.4, 0.5) is 0 Å². The van der Waals surface area contributed by atoms with Gasteiger partial charge >= 0.3 is 0 Å². The highest BCUT2D eigenvalue weighted by Gasteiger charge is 2.13. The number of pyridine rings is 3. The molecule has 0 aromatic carbocycles. The molecule has 0 aliphatic heterocycles. The predicted molar refractivity (Wildman–Crippen MR) is 111 cm³/mol. The molecule has 3 aromatic rings. The summed E-state index contributed by atoms with van der Waals surface area (Å²) in [5.41, 5.74) is 5.14. The summed E-state index contributed by atoms with van der Waals surface area (Å²) >= 11 is 0. The van der Waals surface area contributed by atoms with Gasteiger partial charge in [-0.3, -0.25) is 15.0 Å². The second-order valence-corrected chi connectivity index (χ2v) is 7.65. The third-order valence-electron chi connectivity index (χ3n) is 5.43. The van der Waals surface area contributed by atoms with Gasteiger partial charge in [-0.25, -0.2) is 0 Å². The van der Waals surface area contributed by atoms with E-state index in [9.17, 15) is 0 Å². The van der Waals surface area contributed by atoms with E-state index in [0.29, 0.717) is 17.8 Å². The minimum Gasteiger partial charge on any atom is -0.265 e. The van der Waals surface area contributed by atoms with Crippen LogP contribution < -0.4 is 0 Å². The molecule has 0 amide bonds. The van der Waals surface area contributed by atoms with Gasteiger partial charge in [-0.2, -0.15) is 0 Å².